The number of anilines is 1. The Morgan fingerprint density at radius 2 is 1.91 bits per heavy atom. The van der Waals surface area contributed by atoms with Crippen LogP contribution in [0, 0.1) is 0 Å². The van der Waals surface area contributed by atoms with E-state index in [4.69, 9.17) is 4.74 Å². The Morgan fingerprint density at radius 3 is 2.63 bits per heavy atom. The highest BCUT2D eigenvalue weighted by molar-refractivity contribution is 8.01. The summed E-state index contributed by atoms with van der Waals surface area (Å²) in [4.78, 5) is 52.9. The first-order valence-electron chi connectivity index (χ1n) is 11.2. The molecule has 0 spiro atoms. The number of ether oxygens (including phenoxy) is 1. The van der Waals surface area contributed by atoms with Gasteiger partial charge in [-0.1, -0.05) is 55.4 Å². The number of rotatable bonds is 12. The van der Waals surface area contributed by atoms with Gasteiger partial charge in [0.15, 0.2) is 9.88 Å². The Balaban J connectivity index is 1.53. The fourth-order valence-electron chi connectivity index (χ4n) is 3.19. The molecule has 0 bridgehead atoms. The number of aromatic nitrogens is 1. The van der Waals surface area contributed by atoms with Crippen molar-refractivity contribution in [3.63, 3.8) is 0 Å². The molecule has 8 nitrogen and oxygen atoms in total. The third kappa shape index (κ3) is 7.12. The summed E-state index contributed by atoms with van der Waals surface area (Å²) in [6.07, 6.45) is 2.20. The van der Waals surface area contributed by atoms with Gasteiger partial charge in [0.25, 0.3) is 0 Å². The van der Waals surface area contributed by atoms with E-state index in [0.29, 0.717) is 17.7 Å². The number of amides is 2. The molecule has 1 unspecified atom stereocenters. The van der Waals surface area contributed by atoms with E-state index in [1.807, 2.05) is 12.1 Å². The molecular formula is C25H27N3O5S2. The SMILES string of the molecule is CCCCSc1nc2ccc(NC(=O)CCC(=O)OC(=O)C(C)(NC=O)c3ccccc3)cc2s1. The van der Waals surface area contributed by atoms with Crippen LogP contribution < -0.4 is 10.6 Å². The summed E-state index contributed by atoms with van der Waals surface area (Å²) in [5.74, 6) is -1.14. The van der Waals surface area contributed by atoms with Crippen LogP contribution >= 0.6 is 23.1 Å². The summed E-state index contributed by atoms with van der Waals surface area (Å²) >= 11 is 3.30. The smallest absolute Gasteiger partial charge is 0.343 e. The van der Waals surface area contributed by atoms with Crippen LogP contribution in [-0.2, 0) is 29.5 Å². The van der Waals surface area contributed by atoms with Gasteiger partial charge in [0.2, 0.25) is 12.3 Å². The molecule has 184 valence electrons. The summed E-state index contributed by atoms with van der Waals surface area (Å²) in [5.41, 5.74) is 0.415. The number of hydrogen-bond donors (Lipinski definition) is 2. The number of hydrogen-bond acceptors (Lipinski definition) is 8. The zero-order valence-electron chi connectivity index (χ0n) is 19.5. The zero-order valence-corrected chi connectivity index (χ0v) is 21.2. The molecule has 0 aliphatic rings. The second-order valence-electron chi connectivity index (χ2n) is 7.93. The maximum absolute atomic E-state index is 12.6. The molecule has 2 N–H and O–H groups in total. The monoisotopic (exact) mass is 513 g/mol. The van der Waals surface area contributed by atoms with Crippen LogP contribution in [0.5, 0.6) is 0 Å². The van der Waals surface area contributed by atoms with E-state index in [0.717, 1.165) is 33.2 Å². The van der Waals surface area contributed by atoms with Gasteiger partial charge in [0, 0.05) is 17.9 Å². The maximum atomic E-state index is 12.6. The van der Waals surface area contributed by atoms with Crippen molar-refractivity contribution in [2.75, 3.05) is 11.1 Å². The van der Waals surface area contributed by atoms with E-state index < -0.39 is 17.5 Å². The molecule has 1 heterocycles. The standard InChI is InChI=1S/C25H27N3O5S2/c1-3-4-14-34-24-28-19-11-10-18(15-20(19)35-24)27-21(30)12-13-22(31)33-23(32)25(2,26-16-29)17-8-6-5-7-9-17/h5-11,15-16H,3-4,12-14H2,1-2H3,(H,26,29)(H,27,30). The fourth-order valence-corrected chi connectivity index (χ4v) is 5.45. The van der Waals surface area contributed by atoms with Crippen molar-refractivity contribution in [2.24, 2.45) is 0 Å². The Hall–Kier alpha value is -3.24. The first kappa shape index (κ1) is 26.4. The molecule has 1 atom stereocenters. The van der Waals surface area contributed by atoms with Crippen molar-refractivity contribution in [1.82, 2.24) is 10.3 Å². The number of benzene rings is 2. The number of carbonyl (C=O) groups is 4. The summed E-state index contributed by atoms with van der Waals surface area (Å²) in [6.45, 7) is 3.60. The molecule has 3 rings (SSSR count). The molecule has 1 aromatic heterocycles. The number of esters is 2. The number of carbonyl (C=O) groups excluding carboxylic acids is 4. The maximum Gasteiger partial charge on any atom is 0.343 e. The van der Waals surface area contributed by atoms with Crippen molar-refractivity contribution in [3.05, 3.63) is 54.1 Å². The first-order valence-corrected chi connectivity index (χ1v) is 13.0. The first-order chi connectivity index (χ1) is 16.9. The molecule has 0 fully saturated rings. The van der Waals surface area contributed by atoms with E-state index in [1.54, 1.807) is 59.5 Å². The third-order valence-corrected chi connectivity index (χ3v) is 7.49. The van der Waals surface area contributed by atoms with Crippen LogP contribution in [0.4, 0.5) is 5.69 Å². The lowest BCUT2D eigenvalue weighted by Crippen LogP contribution is -2.47. The van der Waals surface area contributed by atoms with Gasteiger partial charge in [-0.15, -0.1) is 11.3 Å². The van der Waals surface area contributed by atoms with Gasteiger partial charge in [-0.05, 0) is 37.1 Å². The summed E-state index contributed by atoms with van der Waals surface area (Å²) < 4.78 is 6.90. The number of fused-ring (bicyclic) bond motifs is 1. The van der Waals surface area contributed by atoms with Crippen LogP contribution in [-0.4, -0.2) is 35.0 Å². The number of thioether (sulfide) groups is 1. The van der Waals surface area contributed by atoms with E-state index in [2.05, 4.69) is 22.5 Å². The Kier molecular flexibility index (Phi) is 9.39. The average Bonchev–Trinajstić information content (AvgIpc) is 3.25. The number of thiazole rings is 1. The quantitative estimate of drug-likeness (QED) is 0.119. The topological polar surface area (TPSA) is 114 Å². The van der Waals surface area contributed by atoms with Gasteiger partial charge >= 0.3 is 11.9 Å². The van der Waals surface area contributed by atoms with Crippen LogP contribution in [0.2, 0.25) is 0 Å². The molecule has 3 aromatic rings. The largest absolute Gasteiger partial charge is 0.391 e. The average molecular weight is 514 g/mol. The minimum absolute atomic E-state index is 0.159. The molecule has 0 aliphatic carbocycles. The second kappa shape index (κ2) is 12.5. The molecule has 0 aliphatic heterocycles. The van der Waals surface area contributed by atoms with E-state index >= 15 is 0 Å². The van der Waals surface area contributed by atoms with Crippen LogP contribution in [0.3, 0.4) is 0 Å². The highest BCUT2D eigenvalue weighted by Gasteiger charge is 2.37. The molecule has 10 heteroatoms. The number of nitrogens with one attached hydrogen (secondary N) is 2. The van der Waals surface area contributed by atoms with Gasteiger partial charge in [-0.2, -0.15) is 0 Å². The van der Waals surface area contributed by atoms with Crippen molar-refractivity contribution < 1.29 is 23.9 Å². The third-order valence-electron chi connectivity index (χ3n) is 5.25. The summed E-state index contributed by atoms with van der Waals surface area (Å²) in [6, 6.07) is 13.9. The predicted molar refractivity (Wildman–Crippen MR) is 137 cm³/mol. The molecule has 35 heavy (non-hydrogen) atoms. The van der Waals surface area contributed by atoms with Gasteiger partial charge in [-0.25, -0.2) is 9.78 Å². The lowest BCUT2D eigenvalue weighted by Gasteiger charge is -2.26. The molecule has 2 amide bonds. The Morgan fingerprint density at radius 1 is 1.14 bits per heavy atom. The van der Waals surface area contributed by atoms with E-state index in [1.165, 1.54) is 6.92 Å². The van der Waals surface area contributed by atoms with Gasteiger partial charge < -0.3 is 15.4 Å². The number of unbranched alkanes of at least 4 members (excludes halogenated alkanes) is 1. The lowest BCUT2D eigenvalue weighted by atomic mass is 9.92. The molecule has 2 aromatic carbocycles. The number of nitrogens with zero attached hydrogens (tertiary/aromatic N) is 1. The van der Waals surface area contributed by atoms with Gasteiger partial charge in [0.05, 0.1) is 16.6 Å². The van der Waals surface area contributed by atoms with Crippen LogP contribution in [0.15, 0.2) is 52.9 Å². The molecular weight excluding hydrogens is 486 g/mol. The van der Waals surface area contributed by atoms with Gasteiger partial charge in [0.1, 0.15) is 0 Å². The van der Waals surface area contributed by atoms with Crippen molar-refractivity contribution in [1.29, 1.82) is 0 Å². The highest BCUT2D eigenvalue weighted by atomic mass is 32.2. The van der Waals surface area contributed by atoms with Crippen molar-refractivity contribution in [2.45, 2.75) is 49.4 Å². The predicted octanol–water partition coefficient (Wildman–Crippen LogP) is 4.64. The second-order valence-corrected chi connectivity index (χ2v) is 10.3. The molecule has 0 saturated carbocycles. The summed E-state index contributed by atoms with van der Waals surface area (Å²) in [7, 11) is 0. The minimum atomic E-state index is -1.53. The van der Waals surface area contributed by atoms with E-state index in [-0.39, 0.29) is 18.7 Å². The molecule has 0 saturated heterocycles. The van der Waals surface area contributed by atoms with Crippen molar-refractivity contribution in [3.8, 4) is 0 Å². The van der Waals surface area contributed by atoms with Gasteiger partial charge in [-0.3, -0.25) is 14.4 Å². The fraction of sp³-hybridized carbons (Fsp3) is 0.320. The highest BCUT2D eigenvalue weighted by Crippen LogP contribution is 2.31. The normalized spacial score (nSPS) is 12.5. The van der Waals surface area contributed by atoms with Crippen molar-refractivity contribution >= 4 is 63.3 Å². The van der Waals surface area contributed by atoms with E-state index in [9.17, 15) is 19.2 Å². The minimum Gasteiger partial charge on any atom is -0.391 e. The summed E-state index contributed by atoms with van der Waals surface area (Å²) in [5, 5.41) is 5.18. The van der Waals surface area contributed by atoms with Crippen LogP contribution in [0.25, 0.3) is 10.2 Å². The zero-order chi connectivity index (χ0) is 25.3. The molecule has 0 radical (unpaired) electrons. The lowest BCUT2D eigenvalue weighted by molar-refractivity contribution is -0.165. The van der Waals surface area contributed by atoms with Crippen LogP contribution in [0.1, 0.15) is 45.1 Å². The Labute approximate surface area is 211 Å². The Bertz CT molecular complexity index is 1200.